The van der Waals surface area contributed by atoms with Crippen LogP contribution in [0.4, 0.5) is 10.1 Å². The highest BCUT2D eigenvalue weighted by Gasteiger charge is 2.41. The van der Waals surface area contributed by atoms with Crippen LogP contribution in [0.15, 0.2) is 54.7 Å². The van der Waals surface area contributed by atoms with E-state index in [0.29, 0.717) is 23.6 Å². The van der Waals surface area contributed by atoms with E-state index in [-0.39, 0.29) is 17.6 Å². The average molecular weight is 427 g/mol. The molecule has 1 heterocycles. The molecule has 1 aliphatic carbocycles. The summed E-state index contributed by atoms with van der Waals surface area (Å²) in [5, 5.41) is 15.5. The summed E-state index contributed by atoms with van der Waals surface area (Å²) in [6.07, 6.45) is 4.21. The normalized spacial score (nSPS) is 22.6. The van der Waals surface area contributed by atoms with Crippen LogP contribution in [-0.4, -0.2) is 21.6 Å². The summed E-state index contributed by atoms with van der Waals surface area (Å²) in [7, 11) is 0. The summed E-state index contributed by atoms with van der Waals surface area (Å²) in [6.45, 7) is 1.77. The average Bonchev–Trinajstić information content (AvgIpc) is 2.75. The number of rotatable bonds is 4. The zero-order valence-corrected chi connectivity index (χ0v) is 17.5. The summed E-state index contributed by atoms with van der Waals surface area (Å²) in [6, 6.07) is 13.5. The van der Waals surface area contributed by atoms with E-state index in [4.69, 9.17) is 11.6 Å². The minimum Gasteiger partial charge on any atom is -0.389 e. The van der Waals surface area contributed by atoms with Gasteiger partial charge in [-0.05, 0) is 85.7 Å². The van der Waals surface area contributed by atoms with Crippen molar-refractivity contribution in [1.29, 1.82) is 0 Å². The molecule has 1 amide bonds. The summed E-state index contributed by atoms with van der Waals surface area (Å²) in [4.78, 5) is 17.0. The van der Waals surface area contributed by atoms with E-state index in [1.54, 1.807) is 43.5 Å². The van der Waals surface area contributed by atoms with E-state index < -0.39 is 11.5 Å². The number of aromatic nitrogens is 1. The Kier molecular flexibility index (Phi) is 5.76. The van der Waals surface area contributed by atoms with Crippen molar-refractivity contribution in [2.75, 3.05) is 5.32 Å². The Labute approximate surface area is 180 Å². The van der Waals surface area contributed by atoms with Crippen molar-refractivity contribution >= 4 is 34.1 Å². The van der Waals surface area contributed by atoms with Gasteiger partial charge in [0.15, 0.2) is 0 Å². The minimum absolute atomic E-state index is 0.198. The van der Waals surface area contributed by atoms with E-state index in [2.05, 4.69) is 10.3 Å². The quantitative estimate of drug-likeness (QED) is 0.563. The number of pyridine rings is 1. The highest BCUT2D eigenvalue weighted by Crippen LogP contribution is 2.43. The van der Waals surface area contributed by atoms with Crippen LogP contribution in [-0.2, 0) is 4.79 Å². The van der Waals surface area contributed by atoms with Crippen molar-refractivity contribution < 1.29 is 14.3 Å². The molecule has 1 fully saturated rings. The van der Waals surface area contributed by atoms with Crippen molar-refractivity contribution in [1.82, 2.24) is 4.98 Å². The number of halogens is 2. The van der Waals surface area contributed by atoms with Crippen molar-refractivity contribution in [2.24, 2.45) is 5.92 Å². The molecule has 3 aromatic rings. The number of hydrogen-bond donors (Lipinski definition) is 2. The highest BCUT2D eigenvalue weighted by molar-refractivity contribution is 6.30. The first-order valence-corrected chi connectivity index (χ1v) is 10.6. The van der Waals surface area contributed by atoms with Crippen molar-refractivity contribution in [3.8, 4) is 0 Å². The molecule has 0 unspecified atom stereocenters. The number of carbonyl (C=O) groups excluding carboxylic acids is 1. The third-order valence-electron chi connectivity index (χ3n) is 6.34. The van der Waals surface area contributed by atoms with Crippen LogP contribution in [0.5, 0.6) is 0 Å². The van der Waals surface area contributed by atoms with Gasteiger partial charge in [-0.3, -0.25) is 9.78 Å². The molecule has 0 aliphatic heterocycles. The number of nitrogens with zero attached hydrogens (tertiary/aromatic N) is 1. The first kappa shape index (κ1) is 20.8. The zero-order valence-electron chi connectivity index (χ0n) is 16.7. The Morgan fingerprint density at radius 1 is 1.20 bits per heavy atom. The molecule has 4 rings (SSSR count). The smallest absolute Gasteiger partial charge is 0.230 e. The van der Waals surface area contributed by atoms with Gasteiger partial charge in [-0.25, -0.2) is 4.39 Å². The lowest BCUT2D eigenvalue weighted by molar-refractivity contribution is -0.131. The molecule has 0 radical (unpaired) electrons. The maximum absolute atomic E-state index is 13.8. The second-order valence-electron chi connectivity index (χ2n) is 8.16. The second-order valence-corrected chi connectivity index (χ2v) is 8.59. The zero-order chi connectivity index (χ0) is 21.3. The molecule has 0 spiro atoms. The molecular weight excluding hydrogens is 403 g/mol. The van der Waals surface area contributed by atoms with Crippen LogP contribution < -0.4 is 5.32 Å². The van der Waals surface area contributed by atoms with E-state index in [1.165, 1.54) is 12.1 Å². The Morgan fingerprint density at radius 2 is 1.90 bits per heavy atom. The van der Waals surface area contributed by atoms with Gasteiger partial charge in [-0.2, -0.15) is 0 Å². The molecule has 1 aliphatic rings. The van der Waals surface area contributed by atoms with Crippen LogP contribution in [0, 0.1) is 11.7 Å². The molecule has 1 atom stereocenters. The maximum Gasteiger partial charge on any atom is 0.230 e. The van der Waals surface area contributed by atoms with Gasteiger partial charge >= 0.3 is 0 Å². The Morgan fingerprint density at radius 3 is 2.60 bits per heavy atom. The fourth-order valence-electron chi connectivity index (χ4n) is 4.39. The monoisotopic (exact) mass is 426 g/mol. The highest BCUT2D eigenvalue weighted by atomic mass is 35.5. The summed E-state index contributed by atoms with van der Waals surface area (Å²) >= 11 is 5.89. The lowest BCUT2D eigenvalue weighted by Gasteiger charge is -2.40. The molecule has 30 heavy (non-hydrogen) atoms. The van der Waals surface area contributed by atoms with Gasteiger partial charge < -0.3 is 10.4 Å². The van der Waals surface area contributed by atoms with Crippen LogP contribution in [0.1, 0.15) is 44.1 Å². The van der Waals surface area contributed by atoms with Crippen LogP contribution in [0.3, 0.4) is 0 Å². The van der Waals surface area contributed by atoms with Gasteiger partial charge in [0, 0.05) is 22.3 Å². The van der Waals surface area contributed by atoms with E-state index in [1.807, 2.05) is 6.07 Å². The van der Waals surface area contributed by atoms with Gasteiger partial charge in [0.1, 0.15) is 5.82 Å². The lowest BCUT2D eigenvalue weighted by Crippen LogP contribution is -2.45. The predicted molar refractivity (Wildman–Crippen MR) is 117 cm³/mol. The van der Waals surface area contributed by atoms with E-state index in [0.717, 1.165) is 29.3 Å². The number of aliphatic hydroxyl groups is 1. The van der Waals surface area contributed by atoms with Crippen molar-refractivity contribution in [3.05, 3.63) is 71.1 Å². The molecule has 1 saturated carbocycles. The Balaban J connectivity index is 1.46. The van der Waals surface area contributed by atoms with Gasteiger partial charge in [-0.15, -0.1) is 0 Å². The van der Waals surface area contributed by atoms with Crippen LogP contribution >= 0.6 is 11.6 Å². The molecule has 2 aromatic carbocycles. The molecule has 6 heteroatoms. The summed E-state index contributed by atoms with van der Waals surface area (Å²) in [5.41, 5.74) is 1.41. The van der Waals surface area contributed by atoms with Crippen LogP contribution in [0.25, 0.3) is 10.9 Å². The first-order chi connectivity index (χ1) is 14.4. The van der Waals surface area contributed by atoms with E-state index >= 15 is 0 Å². The molecule has 0 saturated heterocycles. The molecule has 0 bridgehead atoms. The largest absolute Gasteiger partial charge is 0.389 e. The molecule has 2 N–H and O–H groups in total. The van der Waals surface area contributed by atoms with Gasteiger partial charge in [0.05, 0.1) is 17.0 Å². The maximum atomic E-state index is 13.8. The number of carbonyl (C=O) groups is 1. The number of amides is 1. The minimum atomic E-state index is -1.07. The van der Waals surface area contributed by atoms with Gasteiger partial charge in [0.2, 0.25) is 5.91 Å². The third kappa shape index (κ3) is 4.18. The lowest BCUT2D eigenvalue weighted by atomic mass is 9.70. The van der Waals surface area contributed by atoms with Crippen LogP contribution in [0.2, 0.25) is 5.02 Å². The second kappa shape index (κ2) is 8.32. The predicted octanol–water partition coefficient (Wildman–Crippen LogP) is 5.69. The first-order valence-electron chi connectivity index (χ1n) is 10.2. The van der Waals surface area contributed by atoms with E-state index in [9.17, 15) is 14.3 Å². The van der Waals surface area contributed by atoms with Gasteiger partial charge in [-0.1, -0.05) is 18.5 Å². The van der Waals surface area contributed by atoms with Crippen molar-refractivity contribution in [2.45, 2.75) is 44.1 Å². The molecule has 4 nitrogen and oxygen atoms in total. The fraction of sp³-hybridized carbons (Fsp3) is 0.333. The number of fused-ring (bicyclic) bond motifs is 1. The molecular formula is C24H24ClFN2O2. The number of benzene rings is 2. The third-order valence-corrected chi connectivity index (χ3v) is 6.59. The number of nitrogens with one attached hydrogen (secondary N) is 1. The Bertz CT molecular complexity index is 1060. The SMILES string of the molecule is C[C@H](C(=O)Nc1ccc(Cl)cc1)C1(O)CCC(c2ccnc3ccc(F)cc23)CC1. The standard InChI is InChI=1S/C24H24ClFN2O2/c1-15(23(29)28-19-5-2-17(25)3-6-19)24(30)11-8-16(9-12-24)20-10-13-27-22-7-4-18(26)14-21(20)22/h2-7,10,13-16,30H,8-9,11-12H2,1H3,(H,28,29)/t15-,16?,24?/m1/s1. The summed E-state index contributed by atoms with van der Waals surface area (Å²) in [5.74, 6) is -0.851. The van der Waals surface area contributed by atoms with Crippen molar-refractivity contribution in [3.63, 3.8) is 0 Å². The molecule has 1 aromatic heterocycles. The topological polar surface area (TPSA) is 62.2 Å². The molecule has 156 valence electrons. The number of anilines is 1. The fourth-order valence-corrected chi connectivity index (χ4v) is 4.51. The number of hydrogen-bond acceptors (Lipinski definition) is 3. The van der Waals surface area contributed by atoms with Gasteiger partial charge in [0.25, 0.3) is 0 Å². The Hall–Kier alpha value is -2.50. The summed E-state index contributed by atoms with van der Waals surface area (Å²) < 4.78 is 13.8.